The van der Waals surface area contributed by atoms with Crippen LogP contribution in [0.3, 0.4) is 0 Å². The zero-order chi connectivity index (χ0) is 12.4. The monoisotopic (exact) mass is 235 g/mol. The van der Waals surface area contributed by atoms with Crippen LogP contribution in [0.25, 0.3) is 0 Å². The summed E-state index contributed by atoms with van der Waals surface area (Å²) in [4.78, 5) is 0. The van der Waals surface area contributed by atoms with Gasteiger partial charge in [0.25, 0.3) is 0 Å². The predicted octanol–water partition coefficient (Wildman–Crippen LogP) is 2.66. The maximum absolute atomic E-state index is 13.4. The summed E-state index contributed by atoms with van der Waals surface area (Å²) in [7, 11) is 0. The average molecular weight is 235 g/mol. The van der Waals surface area contributed by atoms with Gasteiger partial charge in [-0.3, -0.25) is 5.10 Å². The van der Waals surface area contributed by atoms with Gasteiger partial charge in [0.1, 0.15) is 0 Å². The number of nitrogens with zero attached hydrogens (tertiary/aromatic N) is 2. The second-order valence-corrected chi connectivity index (χ2v) is 3.37. The van der Waals surface area contributed by atoms with E-state index in [-0.39, 0.29) is 11.4 Å². The molecule has 0 aliphatic carbocycles. The molecular formula is C11H7F2N3O. The summed E-state index contributed by atoms with van der Waals surface area (Å²) in [6.45, 7) is 1.73. The molecule has 2 rings (SSSR count). The van der Waals surface area contributed by atoms with Gasteiger partial charge in [-0.15, -0.1) is 5.10 Å². The van der Waals surface area contributed by atoms with Crippen LogP contribution in [0.15, 0.2) is 18.2 Å². The lowest BCUT2D eigenvalue weighted by molar-refractivity contribution is 0.395. The molecule has 2 aromatic rings. The highest BCUT2D eigenvalue weighted by Crippen LogP contribution is 2.27. The Bertz CT molecular complexity index is 578. The predicted molar refractivity (Wildman–Crippen MR) is 54.5 cm³/mol. The smallest absolute Gasteiger partial charge is 0.238 e. The first kappa shape index (κ1) is 11.1. The van der Waals surface area contributed by atoms with E-state index in [0.29, 0.717) is 5.69 Å². The number of nitriles is 1. The Hall–Kier alpha value is -2.42. The quantitative estimate of drug-likeness (QED) is 0.870. The van der Waals surface area contributed by atoms with Crippen LogP contribution in [-0.4, -0.2) is 10.2 Å². The van der Waals surface area contributed by atoms with Crippen molar-refractivity contribution >= 4 is 0 Å². The highest BCUT2D eigenvalue weighted by atomic mass is 19.1. The van der Waals surface area contributed by atoms with Crippen LogP contribution < -0.4 is 4.74 Å². The summed E-state index contributed by atoms with van der Waals surface area (Å²) in [6.07, 6.45) is 0. The Kier molecular flexibility index (Phi) is 2.75. The van der Waals surface area contributed by atoms with Crippen molar-refractivity contribution in [1.29, 1.82) is 5.26 Å². The van der Waals surface area contributed by atoms with Crippen molar-refractivity contribution in [2.24, 2.45) is 0 Å². The number of aryl methyl sites for hydroxylation is 1. The first-order chi connectivity index (χ1) is 8.10. The van der Waals surface area contributed by atoms with E-state index < -0.39 is 17.4 Å². The standard InChI is InChI=1S/C11H7F2N3O/c1-6-2-10(16-15-6)17-11-8(12)3-7(5-14)4-9(11)13/h2-4H,1H3,(H,15,16). The van der Waals surface area contributed by atoms with E-state index in [1.807, 2.05) is 0 Å². The molecule has 0 atom stereocenters. The maximum atomic E-state index is 13.4. The zero-order valence-electron chi connectivity index (χ0n) is 8.79. The lowest BCUT2D eigenvalue weighted by atomic mass is 10.2. The number of aromatic nitrogens is 2. The summed E-state index contributed by atoms with van der Waals surface area (Å²) < 4.78 is 31.8. The molecule has 0 spiro atoms. The van der Waals surface area contributed by atoms with Gasteiger partial charge in [0.05, 0.1) is 11.6 Å². The largest absolute Gasteiger partial charge is 0.431 e. The van der Waals surface area contributed by atoms with Crippen molar-refractivity contribution in [2.45, 2.75) is 6.92 Å². The van der Waals surface area contributed by atoms with Crippen LogP contribution >= 0.6 is 0 Å². The second kappa shape index (κ2) is 4.22. The molecule has 0 aliphatic rings. The number of ether oxygens (including phenoxy) is 1. The Morgan fingerprint density at radius 2 is 1.94 bits per heavy atom. The zero-order valence-corrected chi connectivity index (χ0v) is 8.79. The van der Waals surface area contributed by atoms with Gasteiger partial charge in [-0.05, 0) is 19.1 Å². The van der Waals surface area contributed by atoms with Crippen molar-refractivity contribution in [3.63, 3.8) is 0 Å². The first-order valence-corrected chi connectivity index (χ1v) is 4.69. The summed E-state index contributed by atoms with van der Waals surface area (Å²) in [5, 5.41) is 14.8. The Morgan fingerprint density at radius 3 is 2.41 bits per heavy atom. The van der Waals surface area contributed by atoms with Gasteiger partial charge < -0.3 is 4.74 Å². The number of H-pyrrole nitrogens is 1. The van der Waals surface area contributed by atoms with E-state index in [9.17, 15) is 8.78 Å². The van der Waals surface area contributed by atoms with E-state index in [4.69, 9.17) is 10.00 Å². The van der Waals surface area contributed by atoms with Crippen LogP contribution in [0, 0.1) is 29.9 Å². The second-order valence-electron chi connectivity index (χ2n) is 3.37. The molecule has 1 heterocycles. The lowest BCUT2D eigenvalue weighted by Gasteiger charge is -2.04. The first-order valence-electron chi connectivity index (χ1n) is 4.69. The van der Waals surface area contributed by atoms with E-state index in [1.165, 1.54) is 6.07 Å². The number of aromatic amines is 1. The van der Waals surface area contributed by atoms with E-state index in [2.05, 4.69) is 10.2 Å². The molecule has 0 bridgehead atoms. The molecular weight excluding hydrogens is 228 g/mol. The van der Waals surface area contributed by atoms with Crippen LogP contribution in [0.4, 0.5) is 8.78 Å². The number of halogens is 2. The Balaban J connectivity index is 2.37. The molecule has 0 unspecified atom stereocenters. The molecule has 1 aromatic carbocycles. The minimum absolute atomic E-state index is 0.0602. The van der Waals surface area contributed by atoms with Crippen LogP contribution in [0.2, 0.25) is 0 Å². The highest BCUT2D eigenvalue weighted by molar-refractivity contribution is 5.39. The van der Waals surface area contributed by atoms with Crippen molar-refractivity contribution in [2.75, 3.05) is 0 Å². The molecule has 0 radical (unpaired) electrons. The minimum atomic E-state index is -0.942. The molecule has 1 N–H and O–H groups in total. The molecule has 0 aliphatic heterocycles. The van der Waals surface area contributed by atoms with Gasteiger partial charge in [-0.2, -0.15) is 5.26 Å². The van der Waals surface area contributed by atoms with Gasteiger partial charge in [0.2, 0.25) is 11.6 Å². The molecule has 0 fully saturated rings. The number of nitrogens with one attached hydrogen (secondary N) is 1. The third-order valence-electron chi connectivity index (χ3n) is 2.02. The van der Waals surface area contributed by atoms with Crippen LogP contribution in [0.1, 0.15) is 11.3 Å². The van der Waals surface area contributed by atoms with Crippen LogP contribution in [0.5, 0.6) is 11.6 Å². The molecule has 0 amide bonds. The van der Waals surface area contributed by atoms with Crippen molar-refractivity contribution in [1.82, 2.24) is 10.2 Å². The molecule has 0 saturated carbocycles. The summed E-state index contributed by atoms with van der Waals surface area (Å²) in [6, 6.07) is 4.95. The number of benzene rings is 1. The molecule has 17 heavy (non-hydrogen) atoms. The molecule has 1 aromatic heterocycles. The summed E-state index contributed by atoms with van der Waals surface area (Å²) in [5.74, 6) is -2.40. The van der Waals surface area contributed by atoms with Gasteiger partial charge in [-0.1, -0.05) is 0 Å². The number of hydrogen-bond acceptors (Lipinski definition) is 3. The van der Waals surface area contributed by atoms with Crippen molar-refractivity contribution < 1.29 is 13.5 Å². The maximum Gasteiger partial charge on any atom is 0.238 e. The highest BCUT2D eigenvalue weighted by Gasteiger charge is 2.14. The van der Waals surface area contributed by atoms with E-state index >= 15 is 0 Å². The molecule has 6 heteroatoms. The van der Waals surface area contributed by atoms with Gasteiger partial charge in [-0.25, -0.2) is 8.78 Å². The fourth-order valence-electron chi connectivity index (χ4n) is 1.27. The number of hydrogen-bond donors (Lipinski definition) is 1. The third kappa shape index (κ3) is 2.23. The fraction of sp³-hybridized carbons (Fsp3) is 0.0909. The third-order valence-corrected chi connectivity index (χ3v) is 2.02. The Morgan fingerprint density at radius 1 is 1.29 bits per heavy atom. The summed E-state index contributed by atoms with van der Waals surface area (Å²) in [5.41, 5.74) is 0.597. The SMILES string of the molecule is Cc1cc(Oc2c(F)cc(C#N)cc2F)n[nH]1. The van der Waals surface area contributed by atoms with Gasteiger partial charge in [0, 0.05) is 11.8 Å². The summed E-state index contributed by atoms with van der Waals surface area (Å²) >= 11 is 0. The van der Waals surface area contributed by atoms with Crippen molar-refractivity contribution in [3.05, 3.63) is 41.1 Å². The average Bonchev–Trinajstić information content (AvgIpc) is 2.69. The topological polar surface area (TPSA) is 61.7 Å². The number of rotatable bonds is 2. The van der Waals surface area contributed by atoms with Gasteiger partial charge in [0.15, 0.2) is 11.6 Å². The molecule has 4 nitrogen and oxygen atoms in total. The van der Waals surface area contributed by atoms with Gasteiger partial charge >= 0.3 is 0 Å². The van der Waals surface area contributed by atoms with Crippen LogP contribution in [-0.2, 0) is 0 Å². The molecule has 0 saturated heterocycles. The lowest BCUT2D eigenvalue weighted by Crippen LogP contribution is -1.94. The van der Waals surface area contributed by atoms with E-state index in [1.54, 1.807) is 13.0 Å². The normalized spacial score (nSPS) is 10.0. The van der Waals surface area contributed by atoms with Crippen molar-refractivity contribution in [3.8, 4) is 17.7 Å². The molecule has 86 valence electrons. The Labute approximate surface area is 95.5 Å². The minimum Gasteiger partial charge on any atom is -0.431 e. The fourth-order valence-corrected chi connectivity index (χ4v) is 1.27. The van der Waals surface area contributed by atoms with E-state index in [0.717, 1.165) is 12.1 Å².